The van der Waals surface area contributed by atoms with Gasteiger partial charge >= 0.3 is 0 Å². The minimum Gasteiger partial charge on any atom is -0.543 e. The van der Waals surface area contributed by atoms with Gasteiger partial charge in [-0.1, -0.05) is 30.3 Å². The Morgan fingerprint density at radius 2 is 2.04 bits per heavy atom. The van der Waals surface area contributed by atoms with Gasteiger partial charge in [0.25, 0.3) is 11.8 Å². The highest BCUT2D eigenvalue weighted by atomic mass is 32.2. The first-order valence-corrected chi connectivity index (χ1v) is 8.51. The molecule has 24 heavy (non-hydrogen) atoms. The van der Waals surface area contributed by atoms with Crippen molar-refractivity contribution in [1.29, 1.82) is 0 Å². The van der Waals surface area contributed by atoms with Crippen LogP contribution in [0.15, 0.2) is 41.6 Å². The summed E-state index contributed by atoms with van der Waals surface area (Å²) in [6.07, 6.45) is 0. The van der Waals surface area contributed by atoms with Crippen LogP contribution in [-0.2, 0) is 14.4 Å². The third kappa shape index (κ3) is 2.67. The summed E-state index contributed by atoms with van der Waals surface area (Å²) >= 11 is 1.42. The van der Waals surface area contributed by atoms with E-state index in [1.807, 2.05) is 18.2 Å². The molecule has 1 fully saturated rings. The molecule has 0 aromatic heterocycles. The van der Waals surface area contributed by atoms with Gasteiger partial charge in [0.1, 0.15) is 11.4 Å². The molecule has 2 amide bonds. The van der Waals surface area contributed by atoms with E-state index in [1.54, 1.807) is 19.1 Å². The Morgan fingerprint density at radius 3 is 2.67 bits per heavy atom. The van der Waals surface area contributed by atoms with E-state index in [0.29, 0.717) is 11.3 Å². The lowest BCUT2D eigenvalue weighted by Crippen LogP contribution is -2.73. The smallest absolute Gasteiger partial charge is 0.283 e. The first-order chi connectivity index (χ1) is 11.4. The summed E-state index contributed by atoms with van der Waals surface area (Å²) in [6.45, 7) is 1.66. The number of nitrogens with zero attached hydrogens (tertiary/aromatic N) is 1. The van der Waals surface area contributed by atoms with E-state index in [-0.39, 0.29) is 11.6 Å². The molecule has 3 atom stereocenters. The van der Waals surface area contributed by atoms with Gasteiger partial charge in [-0.25, -0.2) is 0 Å². The number of carboxylic acid groups (broad SMARTS) is 1. The molecule has 0 bridgehead atoms. The van der Waals surface area contributed by atoms with E-state index in [0.717, 1.165) is 5.56 Å². The van der Waals surface area contributed by atoms with Crippen molar-refractivity contribution < 1.29 is 25.2 Å². The van der Waals surface area contributed by atoms with Crippen molar-refractivity contribution in [3.8, 4) is 0 Å². The van der Waals surface area contributed by atoms with Crippen LogP contribution < -0.4 is 16.2 Å². The average Bonchev–Trinajstić information content (AvgIpc) is 2.59. The normalized spacial score (nSPS) is 24.1. The second kappa shape index (κ2) is 6.29. The number of carbonyl (C=O) groups excluding carboxylic acids is 3. The van der Waals surface area contributed by atoms with Gasteiger partial charge in [-0.15, -0.1) is 11.8 Å². The Labute approximate surface area is 142 Å². The Balaban J connectivity index is 1.71. The second-order valence-corrected chi connectivity index (χ2v) is 6.88. The second-order valence-electron chi connectivity index (χ2n) is 5.78. The van der Waals surface area contributed by atoms with Crippen molar-refractivity contribution >= 4 is 29.5 Å². The molecule has 0 spiro atoms. The van der Waals surface area contributed by atoms with Crippen molar-refractivity contribution in [1.82, 2.24) is 10.2 Å². The first kappa shape index (κ1) is 16.5. The minimum absolute atomic E-state index is 0.0801. The number of hydrogen-bond acceptors (Lipinski definition) is 5. The summed E-state index contributed by atoms with van der Waals surface area (Å²) in [6, 6.07) is 7.68. The molecular weight excluding hydrogens is 330 g/mol. The zero-order valence-electron chi connectivity index (χ0n) is 13.0. The van der Waals surface area contributed by atoms with Crippen molar-refractivity contribution in [2.75, 3.05) is 5.75 Å². The standard InChI is InChI=1S/C16H17N3O4S/c1-8-7-24-15-11(14(21)19(15)12(8)16(22)23)18-13(20)10(17)9-5-3-2-4-6-9/h2-6,10-11,15H,7,17H2,1H3,(H,18,20)(H,22,23)/t10-,11-,15-/m0/s1. The molecule has 1 saturated heterocycles. The number of quaternary nitrogens is 1. The number of carboxylic acids is 1. The summed E-state index contributed by atoms with van der Waals surface area (Å²) in [5.41, 5.74) is 5.11. The Morgan fingerprint density at radius 1 is 1.38 bits per heavy atom. The molecule has 1 aromatic rings. The fourth-order valence-corrected chi connectivity index (χ4v) is 4.15. The van der Waals surface area contributed by atoms with E-state index in [1.165, 1.54) is 16.7 Å². The van der Waals surface area contributed by atoms with Crippen LogP contribution in [0.25, 0.3) is 0 Å². The number of β-lactam (4-membered cyclic amide) rings is 1. The summed E-state index contributed by atoms with van der Waals surface area (Å²) in [5, 5.41) is 13.5. The van der Waals surface area contributed by atoms with Gasteiger partial charge in [0.15, 0.2) is 6.04 Å². The maximum atomic E-state index is 12.4. The molecule has 8 heteroatoms. The molecular formula is C16H17N3O4S. The lowest BCUT2D eigenvalue weighted by Gasteiger charge is -2.50. The predicted octanol–water partition coefficient (Wildman–Crippen LogP) is -1.61. The molecule has 0 saturated carbocycles. The molecule has 2 aliphatic rings. The van der Waals surface area contributed by atoms with Gasteiger partial charge in [0, 0.05) is 11.3 Å². The summed E-state index contributed by atoms with van der Waals surface area (Å²) in [7, 11) is 0. The number of nitrogens with one attached hydrogen (secondary N) is 1. The van der Waals surface area contributed by atoms with Crippen LogP contribution in [0.1, 0.15) is 18.5 Å². The first-order valence-electron chi connectivity index (χ1n) is 7.46. The Kier molecular flexibility index (Phi) is 4.33. The number of aliphatic carboxylic acids is 1. The molecule has 2 heterocycles. The number of fused-ring (bicyclic) bond motifs is 1. The number of carbonyl (C=O) groups is 3. The lowest BCUT2D eigenvalue weighted by atomic mass is 10.0. The molecule has 0 unspecified atom stereocenters. The monoisotopic (exact) mass is 347 g/mol. The number of hydrogen-bond donors (Lipinski definition) is 2. The highest BCUT2D eigenvalue weighted by molar-refractivity contribution is 8.00. The SMILES string of the molecule is CC1=C(C(=O)[O-])N2C(=O)[C@H](NC(=O)[C@@H]([NH3+])c3ccccc3)[C@@H]2SC1. The van der Waals surface area contributed by atoms with Crippen molar-refractivity contribution in [2.24, 2.45) is 0 Å². The number of thioether (sulfide) groups is 1. The lowest BCUT2D eigenvalue weighted by molar-refractivity contribution is -0.409. The van der Waals surface area contributed by atoms with Crippen molar-refractivity contribution in [3.05, 3.63) is 47.2 Å². The van der Waals surface area contributed by atoms with E-state index >= 15 is 0 Å². The molecule has 2 aliphatic heterocycles. The topological polar surface area (TPSA) is 117 Å². The molecule has 0 aliphatic carbocycles. The number of benzene rings is 1. The van der Waals surface area contributed by atoms with Crippen LogP contribution in [0.2, 0.25) is 0 Å². The van der Waals surface area contributed by atoms with E-state index in [4.69, 9.17) is 0 Å². The molecule has 7 nitrogen and oxygen atoms in total. The zero-order valence-corrected chi connectivity index (χ0v) is 13.8. The number of amides is 2. The Bertz CT molecular complexity index is 734. The van der Waals surface area contributed by atoms with Crippen LogP contribution in [0.5, 0.6) is 0 Å². The highest BCUT2D eigenvalue weighted by Gasteiger charge is 2.52. The van der Waals surface area contributed by atoms with Crippen LogP contribution in [0.4, 0.5) is 0 Å². The minimum atomic E-state index is -1.37. The van der Waals surface area contributed by atoms with E-state index in [2.05, 4.69) is 11.1 Å². The molecule has 3 rings (SSSR count). The predicted molar refractivity (Wildman–Crippen MR) is 84.8 cm³/mol. The van der Waals surface area contributed by atoms with Crippen molar-refractivity contribution in [3.63, 3.8) is 0 Å². The quantitative estimate of drug-likeness (QED) is 0.636. The van der Waals surface area contributed by atoms with Crippen molar-refractivity contribution in [2.45, 2.75) is 24.4 Å². The molecule has 1 aromatic carbocycles. The van der Waals surface area contributed by atoms with Gasteiger partial charge in [0.2, 0.25) is 0 Å². The molecule has 126 valence electrons. The third-order valence-electron chi connectivity index (χ3n) is 4.17. The van der Waals surface area contributed by atoms with E-state index in [9.17, 15) is 19.5 Å². The van der Waals surface area contributed by atoms with Crippen LogP contribution in [0, 0.1) is 0 Å². The van der Waals surface area contributed by atoms with Gasteiger partial charge in [-0.2, -0.15) is 0 Å². The summed E-state index contributed by atoms with van der Waals surface area (Å²) in [5.74, 6) is -1.67. The highest BCUT2D eigenvalue weighted by Crippen LogP contribution is 2.39. The molecule has 0 radical (unpaired) electrons. The third-order valence-corrected chi connectivity index (χ3v) is 5.59. The van der Waals surface area contributed by atoms with Gasteiger partial charge in [0.05, 0.1) is 11.7 Å². The average molecular weight is 347 g/mol. The zero-order chi connectivity index (χ0) is 17.4. The maximum absolute atomic E-state index is 12.4. The van der Waals surface area contributed by atoms with Gasteiger partial charge in [-0.05, 0) is 12.5 Å². The number of rotatable bonds is 4. The largest absolute Gasteiger partial charge is 0.543 e. The fraction of sp³-hybridized carbons (Fsp3) is 0.312. The Hall–Kier alpha value is -2.32. The summed E-state index contributed by atoms with van der Waals surface area (Å²) in [4.78, 5) is 37.1. The molecule has 4 N–H and O–H groups in total. The van der Waals surface area contributed by atoms with Crippen LogP contribution in [-0.4, -0.2) is 39.9 Å². The fourth-order valence-electron chi connectivity index (χ4n) is 2.85. The van der Waals surface area contributed by atoms with Gasteiger partial charge in [-0.3, -0.25) is 14.5 Å². The maximum Gasteiger partial charge on any atom is 0.283 e. The van der Waals surface area contributed by atoms with E-state index < -0.39 is 29.3 Å². The van der Waals surface area contributed by atoms with Gasteiger partial charge < -0.3 is 21.0 Å². The van der Waals surface area contributed by atoms with Crippen LogP contribution >= 0.6 is 11.8 Å². The van der Waals surface area contributed by atoms with Crippen LogP contribution in [0.3, 0.4) is 0 Å². The summed E-state index contributed by atoms with van der Waals surface area (Å²) < 4.78 is 0.